The van der Waals surface area contributed by atoms with E-state index in [1.807, 2.05) is 4.90 Å². The lowest BCUT2D eigenvalue weighted by atomic mass is 9.79. The number of carbonyl (C=O) groups is 1. The molecule has 1 aromatic heterocycles. The van der Waals surface area contributed by atoms with Crippen LogP contribution in [-0.4, -0.2) is 59.3 Å². The highest BCUT2D eigenvalue weighted by molar-refractivity contribution is 5.94. The van der Waals surface area contributed by atoms with Crippen LogP contribution in [0.5, 0.6) is 0 Å². The monoisotopic (exact) mass is 331 g/mol. The van der Waals surface area contributed by atoms with E-state index in [4.69, 9.17) is 9.47 Å². The number of carbonyl (C=O) groups excluding carboxylic acids is 1. The molecule has 2 aliphatic carbocycles. The summed E-state index contributed by atoms with van der Waals surface area (Å²) in [6, 6.07) is 0.0665. The summed E-state index contributed by atoms with van der Waals surface area (Å²) in [6.07, 6.45) is 9.54. The number of nitrogens with zero attached hydrogens (tertiary/aromatic N) is 3. The summed E-state index contributed by atoms with van der Waals surface area (Å²) in [6.45, 7) is 0.720. The normalized spacial score (nSPS) is 32.7. The van der Waals surface area contributed by atoms with E-state index in [0.717, 1.165) is 50.9 Å². The van der Waals surface area contributed by atoms with Crippen LogP contribution in [0.2, 0.25) is 0 Å². The second-order valence-electron chi connectivity index (χ2n) is 7.27. The van der Waals surface area contributed by atoms with Gasteiger partial charge in [0.15, 0.2) is 0 Å². The van der Waals surface area contributed by atoms with Crippen molar-refractivity contribution in [1.29, 1.82) is 0 Å². The molecule has 2 heterocycles. The predicted octanol–water partition coefficient (Wildman–Crippen LogP) is 2.15. The van der Waals surface area contributed by atoms with Gasteiger partial charge in [0, 0.05) is 39.1 Å². The molecule has 0 spiro atoms. The predicted molar refractivity (Wildman–Crippen MR) is 87.8 cm³/mol. The molecule has 0 aromatic carbocycles. The van der Waals surface area contributed by atoms with Gasteiger partial charge in [-0.25, -0.2) is 9.97 Å². The third kappa shape index (κ3) is 2.62. The molecule has 1 aliphatic heterocycles. The first-order valence-corrected chi connectivity index (χ1v) is 8.88. The highest BCUT2D eigenvalue weighted by Gasteiger charge is 2.52. The zero-order valence-corrected chi connectivity index (χ0v) is 14.4. The summed E-state index contributed by atoms with van der Waals surface area (Å²) in [4.78, 5) is 23.7. The van der Waals surface area contributed by atoms with Crippen LogP contribution in [0.1, 0.15) is 60.6 Å². The van der Waals surface area contributed by atoms with Crippen molar-refractivity contribution in [2.24, 2.45) is 0 Å². The molecule has 6 nitrogen and oxygen atoms in total. The van der Waals surface area contributed by atoms with Crippen LogP contribution in [0.3, 0.4) is 0 Å². The number of amides is 1. The van der Waals surface area contributed by atoms with Crippen LogP contribution in [-0.2, 0) is 9.47 Å². The van der Waals surface area contributed by atoms with Gasteiger partial charge in [-0.1, -0.05) is 0 Å². The molecule has 6 heteroatoms. The molecule has 1 saturated heterocycles. The Morgan fingerprint density at radius 1 is 1.21 bits per heavy atom. The summed E-state index contributed by atoms with van der Waals surface area (Å²) in [7, 11) is 3.51. The largest absolute Gasteiger partial charge is 0.381 e. The van der Waals surface area contributed by atoms with Crippen LogP contribution in [0.25, 0.3) is 0 Å². The maximum absolute atomic E-state index is 13.0. The van der Waals surface area contributed by atoms with Crippen molar-refractivity contribution in [1.82, 2.24) is 14.9 Å². The standard InChI is InChI=1S/C18H25N3O3/c1-23-14-5-6-18(24-2)7-8-21(15(18)9-14)17(22)13-10-19-16(20-11-13)12-3-4-12/h10-12,14-15H,3-9H2,1-2H3/t14-,15-,18+/m1/s1. The maximum Gasteiger partial charge on any atom is 0.257 e. The van der Waals surface area contributed by atoms with Crippen molar-refractivity contribution in [2.75, 3.05) is 20.8 Å². The van der Waals surface area contributed by atoms with E-state index in [-0.39, 0.29) is 23.7 Å². The minimum absolute atomic E-state index is 0.0121. The Bertz CT molecular complexity index is 616. The van der Waals surface area contributed by atoms with Crippen molar-refractivity contribution in [3.63, 3.8) is 0 Å². The summed E-state index contributed by atoms with van der Waals surface area (Å²) in [5.41, 5.74) is 0.352. The first-order valence-electron chi connectivity index (χ1n) is 8.88. The summed E-state index contributed by atoms with van der Waals surface area (Å²) in [5.74, 6) is 1.39. The van der Waals surface area contributed by atoms with Gasteiger partial charge in [0.05, 0.1) is 23.3 Å². The fourth-order valence-electron chi connectivity index (χ4n) is 4.29. The van der Waals surface area contributed by atoms with Gasteiger partial charge in [-0.05, 0) is 38.5 Å². The van der Waals surface area contributed by atoms with Crippen LogP contribution >= 0.6 is 0 Å². The lowest BCUT2D eigenvalue weighted by Gasteiger charge is -2.43. The number of hydrogen-bond acceptors (Lipinski definition) is 5. The number of fused-ring (bicyclic) bond motifs is 1. The summed E-state index contributed by atoms with van der Waals surface area (Å²) >= 11 is 0. The zero-order valence-electron chi connectivity index (χ0n) is 14.4. The Balaban J connectivity index is 1.54. The Hall–Kier alpha value is -1.53. The van der Waals surface area contributed by atoms with Gasteiger partial charge in [-0.15, -0.1) is 0 Å². The second kappa shape index (κ2) is 6.08. The molecule has 0 unspecified atom stereocenters. The van der Waals surface area contributed by atoms with Crippen LogP contribution in [0.4, 0.5) is 0 Å². The van der Waals surface area contributed by atoms with Gasteiger partial charge in [-0.2, -0.15) is 0 Å². The molecule has 1 aromatic rings. The molecule has 0 N–H and O–H groups in total. The molecule has 3 atom stereocenters. The molecular weight excluding hydrogens is 306 g/mol. The highest BCUT2D eigenvalue weighted by Crippen LogP contribution is 2.43. The lowest BCUT2D eigenvalue weighted by Crippen LogP contribution is -2.53. The number of ether oxygens (including phenoxy) is 2. The SMILES string of the molecule is CO[C@@H]1CC[C@]2(OC)CCN(C(=O)c3cnc(C4CC4)nc3)[C@@H]2C1. The number of hydrogen-bond donors (Lipinski definition) is 0. The maximum atomic E-state index is 13.0. The van der Waals surface area contributed by atoms with E-state index < -0.39 is 0 Å². The van der Waals surface area contributed by atoms with Gasteiger partial charge in [0.1, 0.15) is 5.82 Å². The Labute approximate surface area is 142 Å². The van der Waals surface area contributed by atoms with Crippen molar-refractivity contribution < 1.29 is 14.3 Å². The fraction of sp³-hybridized carbons (Fsp3) is 0.722. The Morgan fingerprint density at radius 2 is 1.96 bits per heavy atom. The minimum atomic E-state index is -0.223. The molecule has 24 heavy (non-hydrogen) atoms. The van der Waals surface area contributed by atoms with E-state index in [1.54, 1.807) is 26.6 Å². The van der Waals surface area contributed by atoms with Gasteiger partial charge in [0.25, 0.3) is 5.91 Å². The molecule has 0 radical (unpaired) electrons. The quantitative estimate of drug-likeness (QED) is 0.846. The molecular formula is C18H25N3O3. The van der Waals surface area contributed by atoms with Crippen molar-refractivity contribution >= 4 is 5.91 Å². The second-order valence-corrected chi connectivity index (χ2v) is 7.27. The van der Waals surface area contributed by atoms with Crippen molar-refractivity contribution in [3.8, 4) is 0 Å². The molecule has 3 fully saturated rings. The van der Waals surface area contributed by atoms with Gasteiger partial charge in [-0.3, -0.25) is 4.79 Å². The van der Waals surface area contributed by atoms with E-state index in [1.165, 1.54) is 0 Å². The van der Waals surface area contributed by atoms with E-state index in [2.05, 4.69) is 9.97 Å². The molecule has 3 aliphatic rings. The molecule has 0 bridgehead atoms. The minimum Gasteiger partial charge on any atom is -0.381 e. The summed E-state index contributed by atoms with van der Waals surface area (Å²) in [5, 5.41) is 0. The number of methoxy groups -OCH3 is 2. The van der Waals surface area contributed by atoms with Crippen LogP contribution in [0, 0.1) is 0 Å². The smallest absolute Gasteiger partial charge is 0.257 e. The van der Waals surface area contributed by atoms with E-state index in [9.17, 15) is 4.79 Å². The number of aromatic nitrogens is 2. The van der Waals surface area contributed by atoms with Crippen LogP contribution < -0.4 is 0 Å². The lowest BCUT2D eigenvalue weighted by molar-refractivity contribution is -0.0893. The van der Waals surface area contributed by atoms with Gasteiger partial charge >= 0.3 is 0 Å². The van der Waals surface area contributed by atoms with Gasteiger partial charge in [0.2, 0.25) is 0 Å². The van der Waals surface area contributed by atoms with Crippen molar-refractivity contribution in [3.05, 3.63) is 23.8 Å². The Kier molecular flexibility index (Phi) is 4.04. The molecule has 2 saturated carbocycles. The average Bonchev–Trinajstić information content (AvgIpc) is 3.41. The first-order chi connectivity index (χ1) is 11.7. The number of likely N-dealkylation sites (tertiary alicyclic amines) is 1. The van der Waals surface area contributed by atoms with Gasteiger partial charge < -0.3 is 14.4 Å². The van der Waals surface area contributed by atoms with Crippen molar-refractivity contribution in [2.45, 2.75) is 62.2 Å². The Morgan fingerprint density at radius 3 is 2.58 bits per heavy atom. The molecule has 130 valence electrons. The summed E-state index contributed by atoms with van der Waals surface area (Å²) < 4.78 is 11.4. The molecule has 4 rings (SSSR count). The van der Waals surface area contributed by atoms with E-state index >= 15 is 0 Å². The third-order valence-corrected chi connectivity index (χ3v) is 6.00. The first kappa shape index (κ1) is 16.0. The fourth-order valence-corrected chi connectivity index (χ4v) is 4.29. The topological polar surface area (TPSA) is 64.6 Å². The third-order valence-electron chi connectivity index (χ3n) is 6.00. The highest BCUT2D eigenvalue weighted by atomic mass is 16.5. The zero-order chi connectivity index (χ0) is 16.7. The number of rotatable bonds is 4. The van der Waals surface area contributed by atoms with E-state index in [0.29, 0.717) is 11.5 Å². The van der Waals surface area contributed by atoms with Crippen LogP contribution in [0.15, 0.2) is 12.4 Å². The molecule has 1 amide bonds. The average molecular weight is 331 g/mol.